The maximum Gasteiger partial charge on any atom is 0.302 e. The molecule has 39 heavy (non-hydrogen) atoms. The Morgan fingerprint density at radius 3 is 2.13 bits per heavy atom. The Bertz CT molecular complexity index is 950. The molecule has 0 unspecified atom stereocenters. The zero-order chi connectivity index (χ0) is 29.6. The summed E-state index contributed by atoms with van der Waals surface area (Å²) in [7, 11) is -2.11. The van der Waals surface area contributed by atoms with E-state index in [9.17, 15) is 24.9 Å². The van der Waals surface area contributed by atoms with Gasteiger partial charge in [0.05, 0.1) is 18.3 Å². The molecular formula is C30H52O8Si. The first-order valence-electron chi connectivity index (χ1n) is 14.8. The van der Waals surface area contributed by atoms with Crippen molar-refractivity contribution < 1.29 is 38.8 Å². The van der Waals surface area contributed by atoms with Crippen molar-refractivity contribution in [2.45, 2.75) is 136 Å². The zero-order valence-corrected chi connectivity index (χ0v) is 26.5. The van der Waals surface area contributed by atoms with Crippen LogP contribution in [0.25, 0.3) is 0 Å². The lowest BCUT2D eigenvalue weighted by atomic mass is 9.48. The summed E-state index contributed by atoms with van der Waals surface area (Å²) in [4.78, 5) is 24.5. The van der Waals surface area contributed by atoms with Crippen LogP contribution in [0.4, 0.5) is 0 Å². The van der Waals surface area contributed by atoms with Crippen molar-refractivity contribution in [3.63, 3.8) is 0 Å². The number of hydrogen-bond acceptors (Lipinski definition) is 8. The summed E-state index contributed by atoms with van der Waals surface area (Å²) in [6.07, 6.45) is -1.24. The smallest absolute Gasteiger partial charge is 0.302 e. The molecule has 0 aromatic heterocycles. The van der Waals surface area contributed by atoms with Crippen LogP contribution in [-0.2, 0) is 23.5 Å². The molecule has 3 aliphatic carbocycles. The van der Waals surface area contributed by atoms with Crippen LogP contribution in [0.2, 0.25) is 18.1 Å². The van der Waals surface area contributed by atoms with Gasteiger partial charge in [-0.2, -0.15) is 0 Å². The van der Waals surface area contributed by atoms with Gasteiger partial charge < -0.3 is 29.2 Å². The molecule has 8 nitrogen and oxygen atoms in total. The minimum atomic E-state index is -2.11. The molecule has 9 heteroatoms. The van der Waals surface area contributed by atoms with Crippen molar-refractivity contribution >= 4 is 20.3 Å². The summed E-state index contributed by atoms with van der Waals surface area (Å²) in [5, 5.41) is 34.9. The van der Waals surface area contributed by atoms with Gasteiger partial charge in [-0.25, -0.2) is 0 Å². The number of esters is 2. The van der Waals surface area contributed by atoms with E-state index in [-0.39, 0.29) is 12.0 Å². The van der Waals surface area contributed by atoms with E-state index in [1.807, 2.05) is 6.92 Å². The second kappa shape index (κ2) is 11.5. The molecule has 0 heterocycles. The quantitative estimate of drug-likeness (QED) is 0.222. The molecule has 3 aliphatic rings. The number of fused-ring (bicyclic) bond motifs is 3. The minimum Gasteiger partial charge on any atom is -0.463 e. The molecule has 3 rings (SSSR count). The Kier molecular flexibility index (Phi) is 9.55. The third-order valence-corrected chi connectivity index (χ3v) is 15.4. The number of rotatable bonds is 8. The van der Waals surface area contributed by atoms with Crippen molar-refractivity contribution in [3.8, 4) is 0 Å². The van der Waals surface area contributed by atoms with Gasteiger partial charge >= 0.3 is 11.9 Å². The van der Waals surface area contributed by atoms with Gasteiger partial charge in [-0.05, 0) is 72.7 Å². The molecule has 0 saturated heterocycles. The first-order valence-corrected chi connectivity index (χ1v) is 17.3. The number of carbonyl (C=O) groups excluding carboxylic acids is 2. The summed E-state index contributed by atoms with van der Waals surface area (Å²) in [5.74, 6) is -2.16. The second-order valence-corrected chi connectivity index (χ2v) is 18.0. The van der Waals surface area contributed by atoms with Crippen molar-refractivity contribution in [1.82, 2.24) is 0 Å². The van der Waals surface area contributed by atoms with Gasteiger partial charge in [0.25, 0.3) is 0 Å². The van der Waals surface area contributed by atoms with Gasteiger partial charge in [-0.1, -0.05) is 41.5 Å². The lowest BCUT2D eigenvalue weighted by Crippen LogP contribution is -2.69. The van der Waals surface area contributed by atoms with Crippen LogP contribution in [0.1, 0.15) is 88.0 Å². The molecule has 0 aromatic rings. The van der Waals surface area contributed by atoms with Crippen molar-refractivity contribution in [1.29, 1.82) is 0 Å². The molecule has 2 bridgehead atoms. The first kappa shape index (κ1) is 32.3. The van der Waals surface area contributed by atoms with Crippen LogP contribution in [0.5, 0.6) is 0 Å². The second-order valence-electron chi connectivity index (χ2n) is 13.3. The van der Waals surface area contributed by atoms with Crippen LogP contribution in [0, 0.1) is 22.7 Å². The predicted octanol–water partition coefficient (Wildman–Crippen LogP) is 4.51. The molecule has 3 N–H and O–H groups in total. The van der Waals surface area contributed by atoms with Gasteiger partial charge in [0.2, 0.25) is 0 Å². The van der Waals surface area contributed by atoms with E-state index < -0.39 is 67.5 Å². The molecule has 2 fully saturated rings. The Morgan fingerprint density at radius 1 is 1.03 bits per heavy atom. The Hall–Kier alpha value is -1.26. The molecule has 0 spiro atoms. The molecule has 224 valence electrons. The van der Waals surface area contributed by atoms with E-state index >= 15 is 0 Å². The number of aliphatic hydroxyl groups excluding tert-OH is 2. The standard InChI is InChI=1S/C30H52O8Si/c1-10-39(11-2,12-3)38-23-16-29(9)14-13-24(34)30(35,17-36-19(5)31)27(29)26(37-20(6)32)21-15-22(33)18(4)25(23)28(21,7)8/h21-24,26-27,33-35H,10-17H2,1-9H3/t21-,22-,23-,24-,26+,27-,29-,30-/m0/s1. The van der Waals surface area contributed by atoms with Gasteiger partial charge in [-0.3, -0.25) is 9.59 Å². The normalized spacial score (nSPS) is 38.4. The predicted molar refractivity (Wildman–Crippen MR) is 151 cm³/mol. The van der Waals surface area contributed by atoms with Crippen molar-refractivity contribution in [3.05, 3.63) is 11.1 Å². The fraction of sp³-hybridized carbons (Fsp3) is 0.867. The monoisotopic (exact) mass is 568 g/mol. The summed E-state index contributed by atoms with van der Waals surface area (Å²) in [6, 6.07) is 2.92. The van der Waals surface area contributed by atoms with E-state index in [1.165, 1.54) is 13.8 Å². The highest BCUT2D eigenvalue weighted by atomic mass is 28.4. The minimum absolute atomic E-state index is 0.289. The summed E-state index contributed by atoms with van der Waals surface area (Å²) >= 11 is 0. The van der Waals surface area contributed by atoms with E-state index in [1.54, 1.807) is 0 Å². The lowest BCUT2D eigenvalue weighted by Gasteiger charge is -2.62. The van der Waals surface area contributed by atoms with E-state index in [4.69, 9.17) is 13.9 Å². The average Bonchev–Trinajstić information content (AvgIpc) is 2.85. The fourth-order valence-corrected chi connectivity index (χ4v) is 11.1. The zero-order valence-electron chi connectivity index (χ0n) is 25.5. The Labute approximate surface area is 235 Å². The third-order valence-electron chi connectivity index (χ3n) is 10.7. The largest absolute Gasteiger partial charge is 0.463 e. The number of carbonyl (C=O) groups is 2. The van der Waals surface area contributed by atoms with Crippen LogP contribution >= 0.6 is 0 Å². The van der Waals surface area contributed by atoms with Crippen LogP contribution < -0.4 is 0 Å². The van der Waals surface area contributed by atoms with Crippen molar-refractivity contribution in [2.24, 2.45) is 22.7 Å². The van der Waals surface area contributed by atoms with Gasteiger partial charge in [-0.15, -0.1) is 0 Å². The number of aliphatic hydroxyl groups is 3. The summed E-state index contributed by atoms with van der Waals surface area (Å²) < 4.78 is 18.7. The molecule has 2 saturated carbocycles. The molecule has 0 aromatic carbocycles. The number of hydrogen-bond donors (Lipinski definition) is 3. The van der Waals surface area contributed by atoms with E-state index in [0.29, 0.717) is 25.7 Å². The third kappa shape index (κ3) is 5.76. The topological polar surface area (TPSA) is 123 Å². The number of ether oxygens (including phenoxy) is 2. The highest BCUT2D eigenvalue weighted by Gasteiger charge is 2.65. The van der Waals surface area contributed by atoms with Gasteiger partial charge in [0, 0.05) is 25.7 Å². The highest BCUT2D eigenvalue weighted by Crippen LogP contribution is 2.61. The molecular weight excluding hydrogens is 516 g/mol. The molecule has 0 radical (unpaired) electrons. The maximum absolute atomic E-state index is 12.6. The van der Waals surface area contributed by atoms with Gasteiger partial charge in [0.1, 0.15) is 18.3 Å². The van der Waals surface area contributed by atoms with E-state index in [0.717, 1.165) is 29.3 Å². The highest BCUT2D eigenvalue weighted by molar-refractivity contribution is 6.73. The van der Waals surface area contributed by atoms with Crippen LogP contribution in [-0.4, -0.2) is 72.2 Å². The first-order chi connectivity index (χ1) is 18.0. The van der Waals surface area contributed by atoms with E-state index in [2.05, 4.69) is 41.5 Å². The van der Waals surface area contributed by atoms with Crippen LogP contribution in [0.15, 0.2) is 11.1 Å². The summed E-state index contributed by atoms with van der Waals surface area (Å²) in [6.45, 7) is 17.1. The van der Waals surface area contributed by atoms with Gasteiger partial charge in [0.15, 0.2) is 8.32 Å². The molecule has 8 atom stereocenters. The summed E-state index contributed by atoms with van der Waals surface area (Å²) in [5.41, 5.74) is -0.994. The Balaban J connectivity index is 2.32. The Morgan fingerprint density at radius 2 is 1.62 bits per heavy atom. The molecule has 0 amide bonds. The lowest BCUT2D eigenvalue weighted by molar-refractivity contribution is -0.251. The van der Waals surface area contributed by atoms with Crippen molar-refractivity contribution in [2.75, 3.05) is 6.61 Å². The molecule has 0 aliphatic heterocycles. The van der Waals surface area contributed by atoms with Crippen LogP contribution in [0.3, 0.4) is 0 Å². The SMILES string of the molecule is CC[Si](CC)(CC)O[C@H]1C[C@]2(C)CC[C@H](O)[C@@](O)(COC(C)=O)[C@H]2[C@H](OC(C)=O)[C@@H]2C[C@H](O)C(C)=C1C2(C)C. The average molecular weight is 569 g/mol. The maximum atomic E-state index is 12.6. The fourth-order valence-electron chi connectivity index (χ4n) is 8.31.